The van der Waals surface area contributed by atoms with Crippen LogP contribution in [0.5, 0.6) is 0 Å². The number of nitrogen functional groups attached to an aromatic ring is 1. The van der Waals surface area contributed by atoms with E-state index in [1.54, 1.807) is 43.5 Å². The van der Waals surface area contributed by atoms with Crippen molar-refractivity contribution in [2.24, 2.45) is 0 Å². The summed E-state index contributed by atoms with van der Waals surface area (Å²) in [6, 6.07) is 10.7. The molecule has 180 valence electrons. The third kappa shape index (κ3) is 5.37. The van der Waals surface area contributed by atoms with E-state index in [-0.39, 0.29) is 11.7 Å². The summed E-state index contributed by atoms with van der Waals surface area (Å²) in [4.78, 5) is 29.5. The average Bonchev–Trinajstić information content (AvgIpc) is 3.13. The lowest BCUT2D eigenvalue weighted by molar-refractivity contribution is 0.0920. The molecule has 9 nitrogen and oxygen atoms in total. The Morgan fingerprint density at radius 2 is 1.71 bits per heavy atom. The van der Waals surface area contributed by atoms with Gasteiger partial charge in [0, 0.05) is 28.7 Å². The fourth-order valence-electron chi connectivity index (χ4n) is 3.73. The number of nitrogens with two attached hydrogens (primary N) is 1. The number of nitrogens with one attached hydrogen (secondary N) is 3. The fourth-order valence-corrected chi connectivity index (χ4v) is 3.73. The van der Waals surface area contributed by atoms with Gasteiger partial charge in [0.1, 0.15) is 17.7 Å². The van der Waals surface area contributed by atoms with Crippen molar-refractivity contribution in [2.75, 3.05) is 16.4 Å². The van der Waals surface area contributed by atoms with Crippen LogP contribution in [0.15, 0.2) is 55.0 Å². The molecule has 3 amide bonds. The number of benzene rings is 2. The maximum atomic E-state index is 13.6. The first-order valence-corrected chi connectivity index (χ1v) is 10.9. The van der Waals surface area contributed by atoms with Gasteiger partial charge in [-0.05, 0) is 69.2 Å². The lowest BCUT2D eigenvalue weighted by atomic mass is 10.0. The molecule has 0 aliphatic rings. The summed E-state index contributed by atoms with van der Waals surface area (Å²) in [7, 11) is 0. The maximum Gasteiger partial charge on any atom is 0.323 e. The van der Waals surface area contributed by atoms with Gasteiger partial charge in [-0.2, -0.15) is 5.10 Å². The molecule has 0 saturated carbocycles. The number of nitrogens with zero attached hydrogens (tertiary/aromatic N) is 3. The van der Waals surface area contributed by atoms with Crippen LogP contribution >= 0.6 is 0 Å². The van der Waals surface area contributed by atoms with E-state index in [9.17, 15) is 14.0 Å². The standard InChI is InChI=1S/C25H26FN7O2/c1-14-9-16(26)11-18(10-14)31-24(35)30-17-7-5-15(6-8-17)20-19(23(34)32-25(2,3)4)12-33-21(20)22(27)28-13-29-33/h5-13H,1-4H3,(H,32,34)(H2,27,28,29)(H2,30,31,35). The first-order valence-electron chi connectivity index (χ1n) is 10.9. The molecule has 0 saturated heterocycles. The molecule has 2 aromatic heterocycles. The van der Waals surface area contributed by atoms with Crippen LogP contribution in [0, 0.1) is 12.7 Å². The Bertz CT molecular complexity index is 1400. The molecule has 2 aromatic carbocycles. The number of fused-ring (bicyclic) bond motifs is 1. The molecule has 0 bridgehead atoms. The first-order chi connectivity index (χ1) is 16.5. The number of amides is 3. The Morgan fingerprint density at radius 3 is 2.37 bits per heavy atom. The van der Waals surface area contributed by atoms with Crippen LogP contribution in [0.1, 0.15) is 36.7 Å². The number of urea groups is 1. The Hall–Kier alpha value is -4.47. The number of carbonyl (C=O) groups excluding carboxylic acids is 2. The van der Waals surface area contributed by atoms with E-state index >= 15 is 0 Å². The Balaban J connectivity index is 1.62. The van der Waals surface area contributed by atoms with Gasteiger partial charge in [-0.15, -0.1) is 0 Å². The number of aromatic nitrogens is 3. The zero-order valence-electron chi connectivity index (χ0n) is 19.8. The van der Waals surface area contributed by atoms with E-state index < -0.39 is 17.4 Å². The maximum absolute atomic E-state index is 13.6. The van der Waals surface area contributed by atoms with Crippen molar-refractivity contribution >= 4 is 34.6 Å². The molecule has 0 spiro atoms. The average molecular weight is 476 g/mol. The second-order valence-electron chi connectivity index (χ2n) is 9.23. The van der Waals surface area contributed by atoms with Gasteiger partial charge in [0.2, 0.25) is 0 Å². The van der Waals surface area contributed by atoms with E-state index in [1.165, 1.54) is 23.0 Å². The van der Waals surface area contributed by atoms with Gasteiger partial charge in [0.25, 0.3) is 5.91 Å². The molecule has 0 atom stereocenters. The van der Waals surface area contributed by atoms with Crippen LogP contribution < -0.4 is 21.7 Å². The number of carbonyl (C=O) groups is 2. The number of hydrogen-bond acceptors (Lipinski definition) is 5. The van der Waals surface area contributed by atoms with Crippen molar-refractivity contribution in [1.29, 1.82) is 0 Å². The quantitative estimate of drug-likeness (QED) is 0.343. The molecule has 10 heteroatoms. The third-order valence-corrected chi connectivity index (χ3v) is 5.07. The largest absolute Gasteiger partial charge is 0.382 e. The van der Waals surface area contributed by atoms with E-state index in [4.69, 9.17) is 5.73 Å². The van der Waals surface area contributed by atoms with E-state index in [0.717, 1.165) is 0 Å². The Kier molecular flexibility index (Phi) is 6.12. The molecular weight excluding hydrogens is 449 g/mol. The normalized spacial score (nSPS) is 11.3. The van der Waals surface area contributed by atoms with Gasteiger partial charge in [-0.25, -0.2) is 18.7 Å². The van der Waals surface area contributed by atoms with Crippen LogP contribution in [0.4, 0.5) is 26.4 Å². The molecule has 4 aromatic rings. The number of hydrogen-bond donors (Lipinski definition) is 4. The van der Waals surface area contributed by atoms with E-state index in [2.05, 4.69) is 26.0 Å². The van der Waals surface area contributed by atoms with Crippen molar-refractivity contribution in [1.82, 2.24) is 19.9 Å². The minimum Gasteiger partial charge on any atom is -0.382 e. The van der Waals surface area contributed by atoms with E-state index in [1.807, 2.05) is 20.8 Å². The lowest BCUT2D eigenvalue weighted by Gasteiger charge is -2.20. The highest BCUT2D eigenvalue weighted by Gasteiger charge is 2.24. The monoisotopic (exact) mass is 475 g/mol. The summed E-state index contributed by atoms with van der Waals surface area (Å²) < 4.78 is 15.1. The highest BCUT2D eigenvalue weighted by Crippen LogP contribution is 2.33. The van der Waals surface area contributed by atoms with Crippen LogP contribution in [-0.2, 0) is 0 Å². The summed E-state index contributed by atoms with van der Waals surface area (Å²) >= 11 is 0. The minimum atomic E-state index is -0.514. The summed E-state index contributed by atoms with van der Waals surface area (Å²) in [5, 5.41) is 12.5. The molecule has 35 heavy (non-hydrogen) atoms. The van der Waals surface area contributed by atoms with E-state index in [0.29, 0.717) is 39.1 Å². The highest BCUT2D eigenvalue weighted by molar-refractivity contribution is 6.07. The number of rotatable bonds is 4. The van der Waals surface area contributed by atoms with Gasteiger partial charge < -0.3 is 21.7 Å². The smallest absolute Gasteiger partial charge is 0.323 e. The van der Waals surface area contributed by atoms with Crippen LogP contribution in [0.25, 0.3) is 16.6 Å². The molecule has 0 aliphatic carbocycles. The number of halogens is 1. The SMILES string of the molecule is Cc1cc(F)cc(NC(=O)Nc2ccc(-c3c(C(=O)NC(C)(C)C)cn4ncnc(N)c34)cc2)c1. The summed E-state index contributed by atoms with van der Waals surface area (Å²) in [5.41, 5.74) is 9.41. The molecule has 0 radical (unpaired) electrons. The Morgan fingerprint density at radius 1 is 1.03 bits per heavy atom. The van der Waals surface area contributed by atoms with Gasteiger partial charge in [0.15, 0.2) is 5.82 Å². The van der Waals surface area contributed by atoms with Crippen molar-refractivity contribution < 1.29 is 14.0 Å². The van der Waals surface area contributed by atoms with Gasteiger partial charge in [0.05, 0.1) is 5.56 Å². The second-order valence-corrected chi connectivity index (χ2v) is 9.23. The number of aryl methyl sites for hydroxylation is 1. The topological polar surface area (TPSA) is 126 Å². The molecule has 0 aliphatic heterocycles. The predicted molar refractivity (Wildman–Crippen MR) is 134 cm³/mol. The van der Waals surface area contributed by atoms with Gasteiger partial charge in [-0.3, -0.25) is 4.79 Å². The lowest BCUT2D eigenvalue weighted by Crippen LogP contribution is -2.40. The van der Waals surface area contributed by atoms with Crippen molar-refractivity contribution in [2.45, 2.75) is 33.2 Å². The molecule has 5 N–H and O–H groups in total. The van der Waals surface area contributed by atoms with Gasteiger partial charge in [-0.1, -0.05) is 12.1 Å². The van der Waals surface area contributed by atoms with Crippen LogP contribution in [0.3, 0.4) is 0 Å². The highest BCUT2D eigenvalue weighted by atomic mass is 19.1. The molecule has 0 fully saturated rings. The fraction of sp³-hybridized carbons (Fsp3) is 0.200. The summed E-state index contributed by atoms with van der Waals surface area (Å²) in [5.74, 6) is -0.472. The Labute approximate surface area is 201 Å². The van der Waals surface area contributed by atoms with Crippen molar-refractivity contribution in [3.8, 4) is 11.1 Å². The molecular formula is C25H26FN7O2. The van der Waals surface area contributed by atoms with Crippen LogP contribution in [-0.4, -0.2) is 32.1 Å². The van der Waals surface area contributed by atoms with Crippen molar-refractivity contribution in [3.63, 3.8) is 0 Å². The summed E-state index contributed by atoms with van der Waals surface area (Å²) in [6.07, 6.45) is 2.94. The molecule has 0 unspecified atom stereocenters. The molecule has 2 heterocycles. The zero-order valence-corrected chi connectivity index (χ0v) is 19.8. The zero-order chi connectivity index (χ0) is 25.3. The first kappa shape index (κ1) is 23.7. The summed E-state index contributed by atoms with van der Waals surface area (Å²) in [6.45, 7) is 7.42. The minimum absolute atomic E-state index is 0.233. The second kappa shape index (κ2) is 9.05. The van der Waals surface area contributed by atoms with Gasteiger partial charge >= 0.3 is 6.03 Å². The number of anilines is 3. The van der Waals surface area contributed by atoms with Crippen molar-refractivity contribution in [3.05, 3.63) is 71.9 Å². The molecule has 4 rings (SSSR count). The third-order valence-electron chi connectivity index (χ3n) is 5.07. The predicted octanol–water partition coefficient (Wildman–Crippen LogP) is 4.60. The van der Waals surface area contributed by atoms with Crippen LogP contribution in [0.2, 0.25) is 0 Å².